The third-order valence-corrected chi connectivity index (χ3v) is 4.37. The van der Waals surface area contributed by atoms with E-state index in [1.807, 2.05) is 12.3 Å². The number of halogens is 1. The third kappa shape index (κ3) is 3.75. The Kier molecular flexibility index (Phi) is 5.13. The first kappa shape index (κ1) is 13.9. The molecular formula is C13H20ClN3S. The number of hydrogen-bond donors (Lipinski definition) is 1. The van der Waals surface area contributed by atoms with Crippen molar-refractivity contribution in [3.8, 4) is 0 Å². The maximum atomic E-state index is 5.99. The number of hydrogen-bond acceptors (Lipinski definition) is 4. The number of anilines is 1. The van der Waals surface area contributed by atoms with E-state index in [-0.39, 0.29) is 0 Å². The minimum atomic E-state index is 0.513. The van der Waals surface area contributed by atoms with Crippen LogP contribution in [0.25, 0.3) is 0 Å². The molecule has 0 atom stereocenters. The first-order chi connectivity index (χ1) is 8.71. The highest BCUT2D eigenvalue weighted by Gasteiger charge is 2.20. The quantitative estimate of drug-likeness (QED) is 0.510. The topological polar surface area (TPSA) is 37.8 Å². The highest BCUT2D eigenvalue weighted by atomic mass is 35.5. The van der Waals surface area contributed by atoms with E-state index in [0.717, 1.165) is 16.9 Å². The van der Waals surface area contributed by atoms with Crippen molar-refractivity contribution in [3.63, 3.8) is 0 Å². The minimum Gasteiger partial charge on any atom is -0.367 e. The van der Waals surface area contributed by atoms with Crippen LogP contribution in [0.4, 0.5) is 5.82 Å². The maximum absolute atomic E-state index is 5.99. The van der Waals surface area contributed by atoms with Gasteiger partial charge in [-0.05, 0) is 37.9 Å². The van der Waals surface area contributed by atoms with Crippen molar-refractivity contribution in [3.05, 3.63) is 11.2 Å². The number of nitrogens with one attached hydrogen (secondary N) is 1. The van der Waals surface area contributed by atoms with Gasteiger partial charge in [-0.2, -0.15) is 0 Å². The fourth-order valence-electron chi connectivity index (χ4n) is 2.49. The molecule has 0 saturated heterocycles. The SMILES string of the molecule is CCC1CCC(Nc2cc(Cl)nc(SC)n2)CC1. The van der Waals surface area contributed by atoms with Crippen LogP contribution in [0.15, 0.2) is 11.2 Å². The molecule has 5 heteroatoms. The molecule has 0 spiro atoms. The summed E-state index contributed by atoms with van der Waals surface area (Å²) in [6, 6.07) is 2.35. The summed E-state index contributed by atoms with van der Waals surface area (Å²) in [5.41, 5.74) is 0. The van der Waals surface area contributed by atoms with Crippen LogP contribution in [-0.4, -0.2) is 22.3 Å². The monoisotopic (exact) mass is 285 g/mol. The van der Waals surface area contributed by atoms with E-state index < -0.39 is 0 Å². The van der Waals surface area contributed by atoms with Crippen LogP contribution in [0.2, 0.25) is 5.15 Å². The highest BCUT2D eigenvalue weighted by Crippen LogP contribution is 2.28. The molecule has 0 aromatic carbocycles. The smallest absolute Gasteiger partial charge is 0.190 e. The summed E-state index contributed by atoms with van der Waals surface area (Å²) in [7, 11) is 0. The van der Waals surface area contributed by atoms with Crippen molar-refractivity contribution in [2.24, 2.45) is 5.92 Å². The lowest BCUT2D eigenvalue weighted by atomic mass is 9.84. The van der Waals surface area contributed by atoms with Gasteiger partial charge in [0.1, 0.15) is 11.0 Å². The van der Waals surface area contributed by atoms with Gasteiger partial charge in [0.2, 0.25) is 0 Å². The van der Waals surface area contributed by atoms with Crippen molar-refractivity contribution in [2.75, 3.05) is 11.6 Å². The second-order valence-corrected chi connectivity index (χ2v) is 5.99. The molecule has 18 heavy (non-hydrogen) atoms. The van der Waals surface area contributed by atoms with Gasteiger partial charge >= 0.3 is 0 Å². The van der Waals surface area contributed by atoms with Crippen molar-refractivity contribution in [2.45, 2.75) is 50.2 Å². The zero-order chi connectivity index (χ0) is 13.0. The second-order valence-electron chi connectivity index (χ2n) is 4.83. The maximum Gasteiger partial charge on any atom is 0.190 e. The van der Waals surface area contributed by atoms with Crippen molar-refractivity contribution in [1.82, 2.24) is 9.97 Å². The van der Waals surface area contributed by atoms with E-state index in [4.69, 9.17) is 11.6 Å². The molecule has 1 N–H and O–H groups in total. The Morgan fingerprint density at radius 2 is 2.06 bits per heavy atom. The van der Waals surface area contributed by atoms with E-state index in [9.17, 15) is 0 Å². The van der Waals surface area contributed by atoms with Crippen LogP contribution in [-0.2, 0) is 0 Å². The van der Waals surface area contributed by atoms with Crippen LogP contribution < -0.4 is 5.32 Å². The summed E-state index contributed by atoms with van der Waals surface area (Å²) in [4.78, 5) is 8.59. The number of rotatable bonds is 4. The van der Waals surface area contributed by atoms with Gasteiger partial charge in [0, 0.05) is 12.1 Å². The third-order valence-electron chi connectivity index (χ3n) is 3.63. The molecule has 0 amide bonds. The number of nitrogens with zero attached hydrogens (tertiary/aromatic N) is 2. The molecule has 1 saturated carbocycles. The van der Waals surface area contributed by atoms with Gasteiger partial charge in [0.25, 0.3) is 0 Å². The molecular weight excluding hydrogens is 266 g/mol. The van der Waals surface area contributed by atoms with Crippen LogP contribution in [0.1, 0.15) is 39.0 Å². The van der Waals surface area contributed by atoms with Crippen LogP contribution in [0, 0.1) is 5.92 Å². The summed E-state index contributed by atoms with van der Waals surface area (Å²) in [6.07, 6.45) is 8.37. The molecule has 1 aliphatic rings. The zero-order valence-electron chi connectivity index (χ0n) is 10.9. The average molecular weight is 286 g/mol. The molecule has 3 nitrogen and oxygen atoms in total. The zero-order valence-corrected chi connectivity index (χ0v) is 12.5. The molecule has 1 aromatic heterocycles. The molecule has 2 rings (SSSR count). The van der Waals surface area contributed by atoms with Crippen molar-refractivity contribution in [1.29, 1.82) is 0 Å². The van der Waals surface area contributed by atoms with Gasteiger partial charge < -0.3 is 5.32 Å². The summed E-state index contributed by atoms with van der Waals surface area (Å²) in [6.45, 7) is 2.29. The lowest BCUT2D eigenvalue weighted by Gasteiger charge is -2.28. The summed E-state index contributed by atoms with van der Waals surface area (Å²) in [5, 5.41) is 4.73. The normalized spacial score (nSPS) is 23.9. The van der Waals surface area contributed by atoms with E-state index in [1.54, 1.807) is 0 Å². The molecule has 1 fully saturated rings. The fourth-order valence-corrected chi connectivity index (χ4v) is 3.10. The van der Waals surface area contributed by atoms with Gasteiger partial charge in [-0.3, -0.25) is 0 Å². The standard InChI is InChI=1S/C13H20ClN3S/c1-3-9-4-6-10(7-5-9)15-12-8-11(14)16-13(17-12)18-2/h8-10H,3-7H2,1-2H3,(H,15,16,17). The Morgan fingerprint density at radius 1 is 1.33 bits per heavy atom. The van der Waals surface area contributed by atoms with Crippen LogP contribution >= 0.6 is 23.4 Å². The first-order valence-electron chi connectivity index (χ1n) is 6.56. The lowest BCUT2D eigenvalue weighted by molar-refractivity contribution is 0.330. The Hall–Kier alpha value is -0.480. The summed E-state index contributed by atoms with van der Waals surface area (Å²) in [5.74, 6) is 1.78. The van der Waals surface area contributed by atoms with Gasteiger partial charge in [0.05, 0.1) is 0 Å². The largest absolute Gasteiger partial charge is 0.367 e. The molecule has 1 aromatic rings. The number of aromatic nitrogens is 2. The Balaban J connectivity index is 1.95. The Labute approximate surface area is 118 Å². The molecule has 1 aliphatic carbocycles. The lowest BCUT2D eigenvalue weighted by Crippen LogP contribution is -2.26. The first-order valence-corrected chi connectivity index (χ1v) is 8.16. The van der Waals surface area contributed by atoms with E-state index in [2.05, 4.69) is 22.2 Å². The molecule has 0 bridgehead atoms. The molecule has 0 unspecified atom stereocenters. The summed E-state index contributed by atoms with van der Waals surface area (Å²) >= 11 is 7.50. The second kappa shape index (κ2) is 6.62. The summed E-state index contributed by atoms with van der Waals surface area (Å²) < 4.78 is 0. The molecule has 0 aliphatic heterocycles. The fraction of sp³-hybridized carbons (Fsp3) is 0.692. The van der Waals surface area contributed by atoms with Crippen LogP contribution in [0.5, 0.6) is 0 Å². The molecule has 1 heterocycles. The van der Waals surface area contributed by atoms with E-state index in [1.165, 1.54) is 43.9 Å². The van der Waals surface area contributed by atoms with Gasteiger partial charge in [-0.25, -0.2) is 9.97 Å². The van der Waals surface area contributed by atoms with E-state index in [0.29, 0.717) is 11.2 Å². The van der Waals surface area contributed by atoms with Crippen LogP contribution in [0.3, 0.4) is 0 Å². The van der Waals surface area contributed by atoms with Gasteiger partial charge in [-0.1, -0.05) is 36.7 Å². The van der Waals surface area contributed by atoms with Gasteiger partial charge in [0.15, 0.2) is 5.16 Å². The Morgan fingerprint density at radius 3 is 2.67 bits per heavy atom. The Bertz CT molecular complexity index is 392. The predicted molar refractivity (Wildman–Crippen MR) is 78.5 cm³/mol. The molecule has 0 radical (unpaired) electrons. The number of thioether (sulfide) groups is 1. The minimum absolute atomic E-state index is 0.513. The van der Waals surface area contributed by atoms with Gasteiger partial charge in [-0.15, -0.1) is 0 Å². The van der Waals surface area contributed by atoms with Crippen molar-refractivity contribution >= 4 is 29.2 Å². The molecule has 100 valence electrons. The van der Waals surface area contributed by atoms with E-state index >= 15 is 0 Å². The average Bonchev–Trinajstić information content (AvgIpc) is 2.39. The predicted octanol–water partition coefficient (Wildman–Crippen LogP) is 4.23. The van der Waals surface area contributed by atoms with Crippen molar-refractivity contribution < 1.29 is 0 Å². The highest BCUT2D eigenvalue weighted by molar-refractivity contribution is 7.98.